The van der Waals surface area contributed by atoms with Crippen molar-refractivity contribution in [2.24, 2.45) is 11.8 Å². The van der Waals surface area contributed by atoms with Crippen molar-refractivity contribution in [3.05, 3.63) is 34.3 Å². The highest BCUT2D eigenvalue weighted by Crippen LogP contribution is 2.33. The van der Waals surface area contributed by atoms with Crippen LogP contribution in [0.5, 0.6) is 0 Å². The van der Waals surface area contributed by atoms with E-state index >= 15 is 0 Å². The molecule has 0 heterocycles. The van der Waals surface area contributed by atoms with Gasteiger partial charge in [-0.05, 0) is 42.5 Å². The Balaban J connectivity index is 1.99. The Morgan fingerprint density at radius 3 is 2.63 bits per heavy atom. The molecule has 1 N–H and O–H groups in total. The summed E-state index contributed by atoms with van der Waals surface area (Å²) < 4.78 is 1.20. The Kier molecular flexibility index (Phi) is 5.90. The third kappa shape index (κ3) is 4.92. The van der Waals surface area contributed by atoms with Crippen molar-refractivity contribution < 1.29 is 0 Å². The van der Waals surface area contributed by atoms with Gasteiger partial charge in [-0.25, -0.2) is 0 Å². The van der Waals surface area contributed by atoms with Gasteiger partial charge in [-0.2, -0.15) is 0 Å². The van der Waals surface area contributed by atoms with Crippen molar-refractivity contribution in [1.82, 2.24) is 5.32 Å². The molecule has 0 aliphatic heterocycles. The quantitative estimate of drug-likeness (QED) is 0.793. The van der Waals surface area contributed by atoms with Gasteiger partial charge in [0, 0.05) is 10.5 Å². The maximum Gasteiger partial charge on any atom is 0.0177 e. The molecule has 0 spiro atoms. The molecular weight excluding hydrogens is 298 g/mol. The molecule has 1 aromatic rings. The van der Waals surface area contributed by atoms with Crippen LogP contribution in [0.3, 0.4) is 0 Å². The predicted molar refractivity (Wildman–Crippen MR) is 86.4 cm³/mol. The SMILES string of the molecule is CC(C)NCC(Cc1cccc(Br)c1)C1CCCC1. The van der Waals surface area contributed by atoms with Crippen LogP contribution in [-0.4, -0.2) is 12.6 Å². The summed E-state index contributed by atoms with van der Waals surface area (Å²) in [5, 5.41) is 3.65. The van der Waals surface area contributed by atoms with Gasteiger partial charge in [0.15, 0.2) is 0 Å². The lowest BCUT2D eigenvalue weighted by atomic mass is 9.85. The summed E-state index contributed by atoms with van der Waals surface area (Å²) in [7, 11) is 0. The molecule has 1 aliphatic rings. The molecule has 0 radical (unpaired) electrons. The van der Waals surface area contributed by atoms with E-state index in [-0.39, 0.29) is 0 Å². The van der Waals surface area contributed by atoms with E-state index in [0.717, 1.165) is 18.4 Å². The van der Waals surface area contributed by atoms with Crippen molar-refractivity contribution >= 4 is 15.9 Å². The van der Waals surface area contributed by atoms with Gasteiger partial charge in [-0.1, -0.05) is 67.6 Å². The van der Waals surface area contributed by atoms with Gasteiger partial charge in [-0.15, -0.1) is 0 Å². The smallest absolute Gasteiger partial charge is 0.0177 e. The molecule has 1 unspecified atom stereocenters. The topological polar surface area (TPSA) is 12.0 Å². The van der Waals surface area contributed by atoms with Crippen molar-refractivity contribution in [2.75, 3.05) is 6.54 Å². The summed E-state index contributed by atoms with van der Waals surface area (Å²) in [5.41, 5.74) is 1.47. The predicted octanol–water partition coefficient (Wildman–Crippen LogP) is 4.80. The Hall–Kier alpha value is -0.340. The first-order valence-corrected chi connectivity index (χ1v) is 8.42. The molecule has 2 heteroatoms. The fraction of sp³-hybridized carbons (Fsp3) is 0.647. The van der Waals surface area contributed by atoms with E-state index in [2.05, 4.69) is 59.4 Å². The van der Waals surface area contributed by atoms with Crippen molar-refractivity contribution in [2.45, 2.75) is 52.0 Å². The number of nitrogens with one attached hydrogen (secondary N) is 1. The molecule has 2 rings (SSSR count). The van der Waals surface area contributed by atoms with E-state index in [1.54, 1.807) is 0 Å². The maximum atomic E-state index is 3.65. The third-order valence-electron chi connectivity index (χ3n) is 4.24. The average molecular weight is 324 g/mol. The highest BCUT2D eigenvalue weighted by molar-refractivity contribution is 9.10. The van der Waals surface area contributed by atoms with Gasteiger partial charge in [0.05, 0.1) is 0 Å². The van der Waals surface area contributed by atoms with Crippen molar-refractivity contribution in [1.29, 1.82) is 0 Å². The number of halogens is 1. The van der Waals surface area contributed by atoms with Gasteiger partial charge in [-0.3, -0.25) is 0 Å². The second-order valence-electron chi connectivity index (χ2n) is 6.20. The van der Waals surface area contributed by atoms with Gasteiger partial charge in [0.2, 0.25) is 0 Å². The zero-order valence-corrected chi connectivity index (χ0v) is 13.7. The summed E-state index contributed by atoms with van der Waals surface area (Å²) in [4.78, 5) is 0. The normalized spacial score (nSPS) is 18.1. The van der Waals surface area contributed by atoms with Crippen molar-refractivity contribution in [3.63, 3.8) is 0 Å². The second kappa shape index (κ2) is 7.44. The molecule has 1 fully saturated rings. The zero-order valence-electron chi connectivity index (χ0n) is 12.2. The Morgan fingerprint density at radius 1 is 1.26 bits per heavy atom. The highest BCUT2D eigenvalue weighted by Gasteiger charge is 2.25. The Morgan fingerprint density at radius 2 is 2.00 bits per heavy atom. The fourth-order valence-electron chi connectivity index (χ4n) is 3.19. The van der Waals surface area contributed by atoms with E-state index in [9.17, 15) is 0 Å². The molecule has 1 nitrogen and oxygen atoms in total. The molecule has 19 heavy (non-hydrogen) atoms. The maximum absolute atomic E-state index is 3.65. The minimum atomic E-state index is 0.589. The lowest BCUT2D eigenvalue weighted by Gasteiger charge is -2.25. The van der Waals surface area contributed by atoms with Crippen LogP contribution >= 0.6 is 15.9 Å². The molecule has 0 bridgehead atoms. The number of rotatable bonds is 6. The molecule has 0 aromatic heterocycles. The lowest BCUT2D eigenvalue weighted by Crippen LogP contribution is -2.33. The van der Waals surface area contributed by atoms with Gasteiger partial charge < -0.3 is 5.32 Å². The Bertz CT molecular complexity index is 383. The van der Waals surface area contributed by atoms with Gasteiger partial charge in [0.25, 0.3) is 0 Å². The van der Waals surface area contributed by atoms with Crippen LogP contribution in [-0.2, 0) is 6.42 Å². The Labute approximate surface area is 126 Å². The van der Waals surface area contributed by atoms with E-state index in [4.69, 9.17) is 0 Å². The van der Waals surface area contributed by atoms with Crippen LogP contribution < -0.4 is 5.32 Å². The average Bonchev–Trinajstić information content (AvgIpc) is 2.88. The summed E-state index contributed by atoms with van der Waals surface area (Å²) >= 11 is 3.58. The molecule has 1 saturated carbocycles. The monoisotopic (exact) mass is 323 g/mol. The standard InChI is InChI=1S/C17H26BrN/c1-13(2)19-12-16(15-7-3-4-8-15)10-14-6-5-9-17(18)11-14/h5-6,9,11,13,15-16,19H,3-4,7-8,10,12H2,1-2H3. The highest BCUT2D eigenvalue weighted by atomic mass is 79.9. The fourth-order valence-corrected chi connectivity index (χ4v) is 3.63. The lowest BCUT2D eigenvalue weighted by molar-refractivity contribution is 0.313. The van der Waals surface area contributed by atoms with E-state index in [1.807, 2.05) is 0 Å². The van der Waals surface area contributed by atoms with Crippen LogP contribution in [0.25, 0.3) is 0 Å². The number of benzene rings is 1. The van der Waals surface area contributed by atoms with E-state index < -0.39 is 0 Å². The molecule has 1 aliphatic carbocycles. The molecule has 106 valence electrons. The van der Waals surface area contributed by atoms with Crippen molar-refractivity contribution in [3.8, 4) is 0 Å². The summed E-state index contributed by atoms with van der Waals surface area (Å²) in [5.74, 6) is 1.71. The summed E-state index contributed by atoms with van der Waals surface area (Å²) in [6, 6.07) is 9.40. The first kappa shape index (κ1) is 15.1. The first-order chi connectivity index (χ1) is 9.15. The first-order valence-electron chi connectivity index (χ1n) is 7.63. The van der Waals surface area contributed by atoms with Crippen LogP contribution in [0, 0.1) is 11.8 Å². The second-order valence-corrected chi connectivity index (χ2v) is 7.12. The number of hydrogen-bond acceptors (Lipinski definition) is 1. The minimum Gasteiger partial charge on any atom is -0.314 e. The minimum absolute atomic E-state index is 0.589. The van der Waals surface area contributed by atoms with Crippen LogP contribution in [0.15, 0.2) is 28.7 Å². The molecule has 1 atom stereocenters. The van der Waals surface area contributed by atoms with Crippen LogP contribution in [0.1, 0.15) is 45.1 Å². The van der Waals surface area contributed by atoms with Gasteiger partial charge >= 0.3 is 0 Å². The summed E-state index contributed by atoms with van der Waals surface area (Å²) in [6.45, 7) is 5.64. The van der Waals surface area contributed by atoms with E-state index in [0.29, 0.717) is 6.04 Å². The largest absolute Gasteiger partial charge is 0.314 e. The van der Waals surface area contributed by atoms with Crippen LogP contribution in [0.4, 0.5) is 0 Å². The van der Waals surface area contributed by atoms with E-state index in [1.165, 1.54) is 42.1 Å². The van der Waals surface area contributed by atoms with Crippen LogP contribution in [0.2, 0.25) is 0 Å². The molecule has 1 aromatic carbocycles. The zero-order chi connectivity index (χ0) is 13.7. The van der Waals surface area contributed by atoms with Gasteiger partial charge in [0.1, 0.15) is 0 Å². The molecule has 0 saturated heterocycles. The third-order valence-corrected chi connectivity index (χ3v) is 4.73. The molecular formula is C17H26BrN. The number of hydrogen-bond donors (Lipinski definition) is 1. The summed E-state index contributed by atoms with van der Waals surface area (Å²) in [6.07, 6.45) is 6.93. The molecule has 0 amide bonds.